The Morgan fingerprint density at radius 3 is 1.05 bits per heavy atom. The lowest BCUT2D eigenvalue weighted by molar-refractivity contribution is -0.161. The van der Waals surface area contributed by atoms with E-state index in [0.29, 0.717) is 12.8 Å². The van der Waals surface area contributed by atoms with Gasteiger partial charge in [-0.3, -0.25) is 9.59 Å². The third-order valence-corrected chi connectivity index (χ3v) is 11.8. The average molecular weight is 867 g/mol. The van der Waals surface area contributed by atoms with Crippen molar-refractivity contribution >= 4 is 11.9 Å². The number of allylic oxidation sites excluding steroid dienone is 10. The van der Waals surface area contributed by atoms with Crippen LogP contribution in [-0.2, 0) is 19.1 Å². The molecule has 0 aromatic rings. The second-order valence-corrected chi connectivity index (χ2v) is 17.9. The molecule has 1 N–H and O–H groups in total. The lowest BCUT2D eigenvalue weighted by atomic mass is 10.0. The quantitative estimate of drug-likeness (QED) is 0.0375. The largest absolute Gasteiger partial charge is 0.462 e. The van der Waals surface area contributed by atoms with Gasteiger partial charge in [-0.2, -0.15) is 0 Å². The molecule has 0 radical (unpaired) electrons. The van der Waals surface area contributed by atoms with Crippen LogP contribution in [0.1, 0.15) is 271 Å². The molecule has 0 saturated heterocycles. The predicted molar refractivity (Wildman–Crippen MR) is 270 cm³/mol. The number of carbonyl (C=O) groups is 2. The summed E-state index contributed by atoms with van der Waals surface area (Å²) in [5.74, 6) is -0.594. The van der Waals surface area contributed by atoms with Crippen molar-refractivity contribution in [2.45, 2.75) is 277 Å². The number of hydrogen-bond donors (Lipinski definition) is 1. The van der Waals surface area contributed by atoms with Gasteiger partial charge < -0.3 is 14.6 Å². The minimum absolute atomic E-state index is 0.0690. The van der Waals surface area contributed by atoms with Crippen molar-refractivity contribution in [2.75, 3.05) is 13.2 Å². The topological polar surface area (TPSA) is 72.8 Å². The summed E-state index contributed by atoms with van der Waals surface area (Å²) in [7, 11) is 0. The van der Waals surface area contributed by atoms with E-state index in [1.54, 1.807) is 0 Å². The van der Waals surface area contributed by atoms with Crippen molar-refractivity contribution in [1.82, 2.24) is 0 Å². The Hall–Kier alpha value is -2.40. The summed E-state index contributed by atoms with van der Waals surface area (Å²) in [5.41, 5.74) is 0. The zero-order valence-electron chi connectivity index (χ0n) is 41.1. The highest BCUT2D eigenvalue weighted by Gasteiger charge is 2.16. The Morgan fingerprint density at radius 2 is 0.694 bits per heavy atom. The van der Waals surface area contributed by atoms with E-state index in [9.17, 15) is 14.7 Å². The summed E-state index contributed by atoms with van der Waals surface area (Å²) < 4.78 is 10.7. The lowest BCUT2D eigenvalue weighted by Gasteiger charge is -2.15. The van der Waals surface area contributed by atoms with Crippen molar-refractivity contribution in [1.29, 1.82) is 0 Å². The monoisotopic (exact) mass is 867 g/mol. The molecular formula is C57H102O5. The van der Waals surface area contributed by atoms with Gasteiger partial charge in [0.25, 0.3) is 0 Å². The molecule has 5 nitrogen and oxygen atoms in total. The number of aliphatic hydroxyl groups excluding tert-OH is 1. The van der Waals surface area contributed by atoms with E-state index in [0.717, 1.165) is 70.6 Å². The predicted octanol–water partition coefficient (Wildman–Crippen LogP) is 17.9. The second kappa shape index (κ2) is 52.9. The number of aliphatic hydroxyl groups is 1. The molecule has 0 aliphatic carbocycles. The number of hydrogen-bond acceptors (Lipinski definition) is 5. The van der Waals surface area contributed by atoms with E-state index in [1.165, 1.54) is 173 Å². The number of ether oxygens (including phenoxy) is 2. The molecule has 0 heterocycles. The van der Waals surface area contributed by atoms with E-state index < -0.39 is 6.10 Å². The Labute approximate surface area is 385 Å². The summed E-state index contributed by atoms with van der Waals surface area (Å²) in [6.45, 7) is 4.03. The van der Waals surface area contributed by atoms with Gasteiger partial charge >= 0.3 is 11.9 Å². The summed E-state index contributed by atoms with van der Waals surface area (Å²) in [6.07, 6.45) is 70.5. The third kappa shape index (κ3) is 50.2. The van der Waals surface area contributed by atoms with Gasteiger partial charge in [-0.05, 0) is 77.0 Å². The van der Waals surface area contributed by atoms with Crippen LogP contribution in [0.3, 0.4) is 0 Å². The second-order valence-electron chi connectivity index (χ2n) is 17.9. The van der Waals surface area contributed by atoms with Crippen LogP contribution >= 0.6 is 0 Å². The Balaban J connectivity index is 3.44. The highest BCUT2D eigenvalue weighted by molar-refractivity contribution is 5.70. The molecule has 0 aromatic heterocycles. The first kappa shape index (κ1) is 59.6. The fourth-order valence-electron chi connectivity index (χ4n) is 7.78. The van der Waals surface area contributed by atoms with Crippen LogP contribution in [0.15, 0.2) is 60.8 Å². The van der Waals surface area contributed by atoms with Gasteiger partial charge in [0.15, 0.2) is 6.10 Å². The molecule has 62 heavy (non-hydrogen) atoms. The normalized spacial score (nSPS) is 12.6. The van der Waals surface area contributed by atoms with Crippen LogP contribution in [0.5, 0.6) is 0 Å². The maximum atomic E-state index is 12.2. The fourth-order valence-corrected chi connectivity index (χ4v) is 7.78. The maximum absolute atomic E-state index is 12.2. The number of rotatable bonds is 49. The molecule has 0 rings (SSSR count). The Kier molecular flexibility index (Phi) is 50.9. The zero-order chi connectivity index (χ0) is 44.9. The molecule has 5 heteroatoms. The highest BCUT2D eigenvalue weighted by Crippen LogP contribution is 2.16. The van der Waals surface area contributed by atoms with Crippen molar-refractivity contribution < 1.29 is 24.2 Å². The SMILES string of the molecule is CC/C=C\C/C=C\C/C=C\CCCCCCCCCC(=O)OC(CO)COC(=O)CCCCCCCCCCCCCCCCCCCCC/C=C\C/C=C\CCCCCCC. The standard InChI is InChI=1S/C57H102O5/c1-3-5-7-9-11-13-15-17-19-21-22-23-24-25-26-27-28-29-30-31-32-33-34-36-37-39-41-43-45-47-49-51-56(59)61-54-55(53-58)62-57(60)52-50-48-46-44-42-40-38-35-20-18-16-14-12-10-8-6-4-2/h6,8,12,14-15,17-18,20-22,55,58H,3-5,7,9-11,13,16,19,23-54H2,1-2H3/b8-6-,14-12-,17-15-,20-18-,22-21-. The van der Waals surface area contributed by atoms with E-state index in [-0.39, 0.29) is 25.2 Å². The van der Waals surface area contributed by atoms with Crippen LogP contribution in [0.4, 0.5) is 0 Å². The van der Waals surface area contributed by atoms with Gasteiger partial charge in [0, 0.05) is 12.8 Å². The zero-order valence-corrected chi connectivity index (χ0v) is 41.1. The van der Waals surface area contributed by atoms with Gasteiger partial charge in [-0.1, -0.05) is 242 Å². The molecule has 0 fully saturated rings. The molecule has 360 valence electrons. The Bertz CT molecular complexity index is 1070. The third-order valence-electron chi connectivity index (χ3n) is 11.8. The molecule has 0 spiro atoms. The summed E-state index contributed by atoms with van der Waals surface area (Å²) in [6, 6.07) is 0. The van der Waals surface area contributed by atoms with Gasteiger partial charge in [0.05, 0.1) is 6.61 Å². The van der Waals surface area contributed by atoms with E-state index in [4.69, 9.17) is 9.47 Å². The summed E-state index contributed by atoms with van der Waals surface area (Å²) >= 11 is 0. The lowest BCUT2D eigenvalue weighted by Crippen LogP contribution is -2.28. The number of carbonyl (C=O) groups excluding carboxylic acids is 2. The first-order valence-electron chi connectivity index (χ1n) is 26.8. The summed E-state index contributed by atoms with van der Waals surface area (Å²) in [5, 5.41) is 9.62. The van der Waals surface area contributed by atoms with E-state index >= 15 is 0 Å². The molecule has 0 bridgehead atoms. The minimum Gasteiger partial charge on any atom is -0.462 e. The molecular weight excluding hydrogens is 765 g/mol. The fraction of sp³-hybridized carbons (Fsp3) is 0.789. The number of unbranched alkanes of at least 4 members (excludes halogenated alkanes) is 31. The molecule has 0 amide bonds. The average Bonchev–Trinajstić information content (AvgIpc) is 3.28. The smallest absolute Gasteiger partial charge is 0.306 e. The first-order valence-corrected chi connectivity index (χ1v) is 26.8. The van der Waals surface area contributed by atoms with Crippen molar-refractivity contribution in [3.63, 3.8) is 0 Å². The molecule has 1 unspecified atom stereocenters. The van der Waals surface area contributed by atoms with Crippen LogP contribution in [0, 0.1) is 0 Å². The molecule has 1 atom stereocenters. The minimum atomic E-state index is -0.778. The molecule has 0 aromatic carbocycles. The summed E-state index contributed by atoms with van der Waals surface area (Å²) in [4.78, 5) is 24.4. The highest BCUT2D eigenvalue weighted by atomic mass is 16.6. The van der Waals surface area contributed by atoms with Gasteiger partial charge in [0.2, 0.25) is 0 Å². The van der Waals surface area contributed by atoms with Gasteiger partial charge in [0.1, 0.15) is 6.61 Å². The van der Waals surface area contributed by atoms with Crippen molar-refractivity contribution in [2.24, 2.45) is 0 Å². The Morgan fingerprint density at radius 1 is 0.387 bits per heavy atom. The van der Waals surface area contributed by atoms with Crippen LogP contribution in [0.25, 0.3) is 0 Å². The van der Waals surface area contributed by atoms with Gasteiger partial charge in [-0.15, -0.1) is 0 Å². The van der Waals surface area contributed by atoms with E-state index in [1.807, 2.05) is 0 Å². The molecule has 0 aliphatic heterocycles. The van der Waals surface area contributed by atoms with Crippen LogP contribution in [-0.4, -0.2) is 36.4 Å². The van der Waals surface area contributed by atoms with Crippen LogP contribution < -0.4 is 0 Å². The first-order chi connectivity index (χ1) is 30.6. The van der Waals surface area contributed by atoms with Gasteiger partial charge in [-0.25, -0.2) is 0 Å². The van der Waals surface area contributed by atoms with Crippen LogP contribution in [0.2, 0.25) is 0 Å². The molecule has 0 aliphatic rings. The van der Waals surface area contributed by atoms with Crippen molar-refractivity contribution in [3.05, 3.63) is 60.8 Å². The molecule has 0 saturated carbocycles. The number of esters is 2. The van der Waals surface area contributed by atoms with Crippen molar-refractivity contribution in [3.8, 4) is 0 Å². The maximum Gasteiger partial charge on any atom is 0.306 e. The van der Waals surface area contributed by atoms with E-state index in [2.05, 4.69) is 74.6 Å².